The summed E-state index contributed by atoms with van der Waals surface area (Å²) in [7, 11) is 0. The smallest absolute Gasteiger partial charge is 0.0558 e. The number of hydrogen-bond donors (Lipinski definition) is 2. The quantitative estimate of drug-likeness (QED) is 0.662. The van der Waals surface area contributed by atoms with Crippen molar-refractivity contribution in [3.63, 3.8) is 0 Å². The highest BCUT2D eigenvalue weighted by Gasteiger charge is 2.31. The summed E-state index contributed by atoms with van der Waals surface area (Å²) in [6.07, 6.45) is 3.59. The number of β-amino-alcohol motifs (C(OH)–C–C–N with tert-alkyl or cyclic N) is 1. The Labute approximate surface area is 92.0 Å². The second kappa shape index (κ2) is 5.25. The minimum Gasteiger partial charge on any atom is -0.395 e. The fourth-order valence-corrected chi connectivity index (χ4v) is 2.65. The second-order valence-corrected chi connectivity index (χ2v) is 4.84. The van der Waals surface area contributed by atoms with Crippen molar-refractivity contribution in [2.75, 3.05) is 39.3 Å². The van der Waals surface area contributed by atoms with Crippen molar-refractivity contribution < 1.29 is 5.11 Å². The van der Waals surface area contributed by atoms with Crippen LogP contribution in [0.4, 0.5) is 0 Å². The van der Waals surface area contributed by atoms with Crippen molar-refractivity contribution in [1.29, 1.82) is 0 Å². The van der Waals surface area contributed by atoms with E-state index in [0.717, 1.165) is 32.2 Å². The predicted octanol–water partition coefficient (Wildman–Crippen LogP) is -0.524. The van der Waals surface area contributed by atoms with E-state index in [0.29, 0.717) is 6.04 Å². The third-order valence-corrected chi connectivity index (χ3v) is 3.71. The summed E-state index contributed by atoms with van der Waals surface area (Å²) in [4.78, 5) is 4.94. The van der Waals surface area contributed by atoms with Gasteiger partial charge in [0.25, 0.3) is 0 Å². The van der Waals surface area contributed by atoms with Gasteiger partial charge in [-0.05, 0) is 32.4 Å². The van der Waals surface area contributed by atoms with Crippen LogP contribution < -0.4 is 5.73 Å². The standard InChI is InChI=1S/C11H23N3O/c12-10-8-11(9-10)14-3-1-2-13(4-5-14)6-7-15/h10-11,15H,1-9,12H2. The molecule has 0 aromatic heterocycles. The topological polar surface area (TPSA) is 52.7 Å². The zero-order valence-corrected chi connectivity index (χ0v) is 9.44. The third kappa shape index (κ3) is 2.91. The molecule has 4 nitrogen and oxygen atoms in total. The molecule has 88 valence electrons. The van der Waals surface area contributed by atoms with E-state index in [9.17, 15) is 0 Å². The summed E-state index contributed by atoms with van der Waals surface area (Å²) < 4.78 is 0. The minimum absolute atomic E-state index is 0.286. The Morgan fingerprint density at radius 1 is 1.13 bits per heavy atom. The Balaban J connectivity index is 1.74. The number of nitrogens with two attached hydrogens (primary N) is 1. The Hall–Kier alpha value is -0.160. The van der Waals surface area contributed by atoms with Gasteiger partial charge in [-0.3, -0.25) is 9.80 Å². The van der Waals surface area contributed by atoms with Crippen LogP contribution in [0.25, 0.3) is 0 Å². The molecule has 2 rings (SSSR count). The van der Waals surface area contributed by atoms with Crippen LogP contribution in [0.2, 0.25) is 0 Å². The van der Waals surface area contributed by atoms with Crippen LogP contribution in [0, 0.1) is 0 Å². The first kappa shape index (κ1) is 11.3. The molecule has 1 saturated carbocycles. The molecule has 0 radical (unpaired) electrons. The van der Waals surface area contributed by atoms with Crippen molar-refractivity contribution >= 4 is 0 Å². The van der Waals surface area contributed by atoms with Crippen molar-refractivity contribution in [3.05, 3.63) is 0 Å². The van der Waals surface area contributed by atoms with Crippen molar-refractivity contribution in [2.24, 2.45) is 5.73 Å². The summed E-state index contributed by atoms with van der Waals surface area (Å²) in [5, 5.41) is 8.91. The molecule has 0 bridgehead atoms. The lowest BCUT2D eigenvalue weighted by Gasteiger charge is -2.41. The molecule has 15 heavy (non-hydrogen) atoms. The molecule has 1 aliphatic heterocycles. The zero-order valence-electron chi connectivity index (χ0n) is 9.44. The lowest BCUT2D eigenvalue weighted by Crippen LogP contribution is -2.51. The van der Waals surface area contributed by atoms with Crippen LogP contribution in [-0.2, 0) is 0 Å². The van der Waals surface area contributed by atoms with Crippen LogP contribution in [-0.4, -0.2) is 66.3 Å². The number of rotatable bonds is 3. The first-order chi connectivity index (χ1) is 7.29. The van der Waals surface area contributed by atoms with Crippen LogP contribution in [0.3, 0.4) is 0 Å². The van der Waals surface area contributed by atoms with E-state index >= 15 is 0 Å². The molecule has 0 spiro atoms. The molecule has 2 fully saturated rings. The van der Waals surface area contributed by atoms with E-state index in [1.807, 2.05) is 0 Å². The van der Waals surface area contributed by atoms with E-state index < -0.39 is 0 Å². The molecular weight excluding hydrogens is 190 g/mol. The Kier molecular flexibility index (Phi) is 3.97. The average molecular weight is 213 g/mol. The van der Waals surface area contributed by atoms with E-state index in [-0.39, 0.29) is 6.61 Å². The van der Waals surface area contributed by atoms with Gasteiger partial charge >= 0.3 is 0 Å². The van der Waals surface area contributed by atoms with E-state index in [2.05, 4.69) is 9.80 Å². The maximum atomic E-state index is 8.91. The number of hydrogen-bond acceptors (Lipinski definition) is 4. The SMILES string of the molecule is NC1CC(N2CCCN(CCO)CC2)C1. The number of aliphatic hydroxyl groups is 1. The molecule has 0 atom stereocenters. The van der Waals surface area contributed by atoms with Gasteiger partial charge in [0.1, 0.15) is 0 Å². The van der Waals surface area contributed by atoms with Gasteiger partial charge < -0.3 is 10.8 Å². The molecule has 1 saturated heterocycles. The maximum absolute atomic E-state index is 8.91. The number of nitrogens with zero attached hydrogens (tertiary/aromatic N) is 2. The lowest BCUT2D eigenvalue weighted by molar-refractivity contribution is 0.112. The van der Waals surface area contributed by atoms with Crippen LogP contribution in [0.15, 0.2) is 0 Å². The molecule has 3 N–H and O–H groups in total. The molecular formula is C11H23N3O. The molecule has 1 aliphatic carbocycles. The van der Waals surface area contributed by atoms with E-state index in [1.165, 1.54) is 25.8 Å². The van der Waals surface area contributed by atoms with E-state index in [4.69, 9.17) is 10.8 Å². The molecule has 0 aromatic carbocycles. The van der Waals surface area contributed by atoms with Gasteiger partial charge in [0.2, 0.25) is 0 Å². The Bertz CT molecular complexity index is 194. The van der Waals surface area contributed by atoms with Gasteiger partial charge in [0.15, 0.2) is 0 Å². The van der Waals surface area contributed by atoms with Crippen LogP contribution >= 0.6 is 0 Å². The van der Waals surface area contributed by atoms with Gasteiger partial charge in [-0.15, -0.1) is 0 Å². The van der Waals surface area contributed by atoms with Crippen LogP contribution in [0.5, 0.6) is 0 Å². The molecule has 1 heterocycles. The predicted molar refractivity (Wildman–Crippen MR) is 60.7 cm³/mol. The van der Waals surface area contributed by atoms with Gasteiger partial charge in [-0.1, -0.05) is 0 Å². The summed E-state index contributed by atoms with van der Waals surface area (Å²) in [6.45, 7) is 5.71. The Morgan fingerprint density at radius 2 is 1.93 bits per heavy atom. The summed E-state index contributed by atoms with van der Waals surface area (Å²) in [5.41, 5.74) is 5.82. The second-order valence-electron chi connectivity index (χ2n) is 4.84. The normalized spacial score (nSPS) is 34.8. The van der Waals surface area contributed by atoms with Gasteiger partial charge in [0, 0.05) is 31.7 Å². The molecule has 0 amide bonds. The highest BCUT2D eigenvalue weighted by Crippen LogP contribution is 2.24. The number of aliphatic hydroxyl groups excluding tert-OH is 1. The molecule has 0 aromatic rings. The lowest BCUT2D eigenvalue weighted by atomic mass is 9.86. The van der Waals surface area contributed by atoms with Crippen molar-refractivity contribution in [3.8, 4) is 0 Å². The zero-order chi connectivity index (χ0) is 10.7. The van der Waals surface area contributed by atoms with Crippen molar-refractivity contribution in [2.45, 2.75) is 31.3 Å². The minimum atomic E-state index is 0.286. The largest absolute Gasteiger partial charge is 0.395 e. The first-order valence-corrected chi connectivity index (χ1v) is 6.12. The molecule has 4 heteroatoms. The Morgan fingerprint density at radius 3 is 2.60 bits per heavy atom. The average Bonchev–Trinajstić information content (AvgIpc) is 2.39. The van der Waals surface area contributed by atoms with Gasteiger partial charge in [0.05, 0.1) is 6.61 Å². The molecule has 2 aliphatic rings. The summed E-state index contributed by atoms with van der Waals surface area (Å²) in [6, 6.07) is 1.20. The highest BCUT2D eigenvalue weighted by atomic mass is 16.3. The highest BCUT2D eigenvalue weighted by molar-refractivity contribution is 4.90. The van der Waals surface area contributed by atoms with Crippen molar-refractivity contribution in [1.82, 2.24) is 9.80 Å². The maximum Gasteiger partial charge on any atom is 0.0558 e. The summed E-state index contributed by atoms with van der Waals surface area (Å²) >= 11 is 0. The fraction of sp³-hybridized carbons (Fsp3) is 1.00. The van der Waals surface area contributed by atoms with E-state index in [1.54, 1.807) is 0 Å². The first-order valence-electron chi connectivity index (χ1n) is 6.12. The van der Waals surface area contributed by atoms with Gasteiger partial charge in [-0.2, -0.15) is 0 Å². The molecule has 0 unspecified atom stereocenters. The summed E-state index contributed by atoms with van der Waals surface area (Å²) in [5.74, 6) is 0. The third-order valence-electron chi connectivity index (χ3n) is 3.71. The fourth-order valence-electron chi connectivity index (χ4n) is 2.65. The monoisotopic (exact) mass is 213 g/mol. The van der Waals surface area contributed by atoms with Gasteiger partial charge in [-0.25, -0.2) is 0 Å². The van der Waals surface area contributed by atoms with Crippen LogP contribution in [0.1, 0.15) is 19.3 Å².